The van der Waals surface area contributed by atoms with Gasteiger partial charge in [-0.3, -0.25) is 4.98 Å². The van der Waals surface area contributed by atoms with Crippen molar-refractivity contribution in [2.24, 2.45) is 0 Å². The van der Waals surface area contributed by atoms with E-state index in [0.29, 0.717) is 22.6 Å². The molecule has 0 aliphatic carbocycles. The Balaban J connectivity index is 1.94. The van der Waals surface area contributed by atoms with E-state index in [9.17, 15) is 9.18 Å². The Morgan fingerprint density at radius 1 is 1.06 bits per heavy atom. The number of H-pyrrole nitrogens is 1. The van der Waals surface area contributed by atoms with Crippen molar-refractivity contribution in [2.45, 2.75) is 0 Å². The minimum absolute atomic E-state index is 0.325. The summed E-state index contributed by atoms with van der Waals surface area (Å²) in [7, 11) is 0. The van der Waals surface area contributed by atoms with Gasteiger partial charge in [0.05, 0.1) is 5.52 Å². The highest BCUT2D eigenvalue weighted by Gasteiger charge is 2.04. The summed E-state index contributed by atoms with van der Waals surface area (Å²) < 4.78 is 23.1. The van der Waals surface area contributed by atoms with Crippen LogP contribution in [-0.4, -0.2) is 4.98 Å². The molecule has 0 radical (unpaired) electrons. The molecule has 0 atom stereocenters. The molecule has 0 aliphatic heterocycles. The molecule has 0 spiro atoms. The van der Waals surface area contributed by atoms with Gasteiger partial charge in [-0.1, -0.05) is 0 Å². The lowest BCUT2D eigenvalue weighted by Crippen LogP contribution is -1.92. The molecular formula is C13H8FNO3. The predicted octanol–water partition coefficient (Wildman–Crippen LogP) is 3.05. The van der Waals surface area contributed by atoms with Gasteiger partial charge >= 0.3 is 5.76 Å². The Labute approximate surface area is 101 Å². The largest absolute Gasteiger partial charge is 0.457 e. The fourth-order valence-electron chi connectivity index (χ4n) is 1.63. The van der Waals surface area contributed by atoms with Crippen LogP contribution in [0.1, 0.15) is 0 Å². The first-order chi connectivity index (χ1) is 8.70. The van der Waals surface area contributed by atoms with Crippen molar-refractivity contribution in [1.29, 1.82) is 0 Å². The van der Waals surface area contributed by atoms with Crippen LogP contribution in [-0.2, 0) is 0 Å². The number of halogens is 1. The van der Waals surface area contributed by atoms with Crippen LogP contribution in [0.5, 0.6) is 11.5 Å². The molecule has 0 fully saturated rings. The highest BCUT2D eigenvalue weighted by atomic mass is 19.1. The van der Waals surface area contributed by atoms with E-state index in [1.54, 1.807) is 18.2 Å². The Hall–Kier alpha value is -2.56. The normalized spacial score (nSPS) is 10.7. The first-order valence-corrected chi connectivity index (χ1v) is 5.27. The van der Waals surface area contributed by atoms with Crippen molar-refractivity contribution >= 4 is 11.1 Å². The number of aromatic amines is 1. The van der Waals surface area contributed by atoms with Crippen molar-refractivity contribution in [3.05, 3.63) is 58.8 Å². The van der Waals surface area contributed by atoms with E-state index in [1.807, 2.05) is 0 Å². The molecule has 0 unspecified atom stereocenters. The van der Waals surface area contributed by atoms with E-state index in [4.69, 9.17) is 9.15 Å². The van der Waals surface area contributed by atoms with Crippen LogP contribution in [0.4, 0.5) is 4.39 Å². The topological polar surface area (TPSA) is 55.2 Å². The molecule has 5 heteroatoms. The van der Waals surface area contributed by atoms with Gasteiger partial charge in [-0.15, -0.1) is 0 Å². The van der Waals surface area contributed by atoms with Crippen molar-refractivity contribution in [2.75, 3.05) is 0 Å². The highest BCUT2D eigenvalue weighted by Crippen LogP contribution is 2.24. The van der Waals surface area contributed by atoms with Crippen molar-refractivity contribution in [3.63, 3.8) is 0 Å². The molecule has 1 aromatic heterocycles. The van der Waals surface area contributed by atoms with Crippen molar-refractivity contribution < 1.29 is 13.5 Å². The van der Waals surface area contributed by atoms with Crippen molar-refractivity contribution in [1.82, 2.24) is 4.98 Å². The molecule has 3 aromatic rings. The summed E-state index contributed by atoms with van der Waals surface area (Å²) >= 11 is 0. The minimum atomic E-state index is -0.510. The summed E-state index contributed by atoms with van der Waals surface area (Å²) in [5.74, 6) is 0.184. The molecular weight excluding hydrogens is 237 g/mol. The zero-order valence-corrected chi connectivity index (χ0v) is 9.14. The molecule has 0 bridgehead atoms. The number of aromatic nitrogens is 1. The first kappa shape index (κ1) is 10.6. The second-order valence-electron chi connectivity index (χ2n) is 3.73. The number of nitrogens with one attached hydrogen (secondary N) is 1. The average Bonchev–Trinajstić information content (AvgIpc) is 2.71. The highest BCUT2D eigenvalue weighted by molar-refractivity contribution is 5.73. The van der Waals surface area contributed by atoms with Crippen LogP contribution in [0.15, 0.2) is 51.7 Å². The fraction of sp³-hybridized carbons (Fsp3) is 0. The minimum Gasteiger partial charge on any atom is -0.457 e. The summed E-state index contributed by atoms with van der Waals surface area (Å²) in [4.78, 5) is 13.5. The van der Waals surface area contributed by atoms with E-state index in [-0.39, 0.29) is 5.82 Å². The second-order valence-corrected chi connectivity index (χ2v) is 3.73. The number of benzene rings is 2. The molecule has 1 N–H and O–H groups in total. The van der Waals surface area contributed by atoms with Gasteiger partial charge in [0, 0.05) is 6.07 Å². The van der Waals surface area contributed by atoms with Crippen LogP contribution in [0.3, 0.4) is 0 Å². The first-order valence-electron chi connectivity index (χ1n) is 5.27. The van der Waals surface area contributed by atoms with Crippen LogP contribution < -0.4 is 10.5 Å². The number of hydrogen-bond acceptors (Lipinski definition) is 3. The van der Waals surface area contributed by atoms with Gasteiger partial charge in [0.1, 0.15) is 17.3 Å². The molecule has 4 nitrogen and oxygen atoms in total. The summed E-state index contributed by atoms with van der Waals surface area (Å²) in [6.07, 6.45) is 0. The quantitative estimate of drug-likeness (QED) is 0.754. The number of hydrogen-bond donors (Lipinski definition) is 1. The Kier molecular flexibility index (Phi) is 2.37. The molecule has 2 aromatic carbocycles. The van der Waals surface area contributed by atoms with E-state index < -0.39 is 5.76 Å². The van der Waals surface area contributed by atoms with Crippen LogP contribution in [0.2, 0.25) is 0 Å². The maximum Gasteiger partial charge on any atom is 0.417 e. The molecule has 0 saturated heterocycles. The third kappa shape index (κ3) is 1.98. The Morgan fingerprint density at radius 3 is 2.56 bits per heavy atom. The molecule has 18 heavy (non-hydrogen) atoms. The Morgan fingerprint density at radius 2 is 1.78 bits per heavy atom. The lowest BCUT2D eigenvalue weighted by molar-refractivity contribution is 0.479. The molecule has 0 saturated carbocycles. The van der Waals surface area contributed by atoms with E-state index >= 15 is 0 Å². The SMILES string of the molecule is O=c1[nH]c2ccc(Oc3ccc(F)cc3)cc2o1. The number of oxazole rings is 1. The molecule has 3 rings (SSSR count). The maximum atomic E-state index is 12.7. The zero-order valence-electron chi connectivity index (χ0n) is 9.14. The number of ether oxygens (including phenoxy) is 1. The molecule has 90 valence electrons. The monoisotopic (exact) mass is 245 g/mol. The second kappa shape index (κ2) is 4.03. The van der Waals surface area contributed by atoms with Gasteiger partial charge in [-0.2, -0.15) is 0 Å². The van der Waals surface area contributed by atoms with Crippen LogP contribution in [0.25, 0.3) is 11.1 Å². The smallest absolute Gasteiger partial charge is 0.417 e. The summed E-state index contributed by atoms with van der Waals surface area (Å²) in [5, 5.41) is 0. The van der Waals surface area contributed by atoms with Gasteiger partial charge in [-0.05, 0) is 36.4 Å². The zero-order chi connectivity index (χ0) is 12.5. The van der Waals surface area contributed by atoms with Gasteiger partial charge in [0.15, 0.2) is 5.58 Å². The lowest BCUT2D eigenvalue weighted by Gasteiger charge is -2.04. The standard InChI is InChI=1S/C13H8FNO3/c14-8-1-3-9(4-2-8)17-10-5-6-11-12(7-10)18-13(16)15-11/h1-7H,(H,15,16). The van der Waals surface area contributed by atoms with E-state index in [1.165, 1.54) is 24.3 Å². The van der Waals surface area contributed by atoms with E-state index in [0.717, 1.165) is 0 Å². The summed E-state index contributed by atoms with van der Waals surface area (Å²) in [6.45, 7) is 0. The van der Waals surface area contributed by atoms with Gasteiger partial charge in [-0.25, -0.2) is 9.18 Å². The van der Waals surface area contributed by atoms with Gasteiger partial charge < -0.3 is 9.15 Å². The predicted molar refractivity (Wildman–Crippen MR) is 63.3 cm³/mol. The van der Waals surface area contributed by atoms with Gasteiger partial charge in [0.2, 0.25) is 0 Å². The Bertz CT molecular complexity index is 743. The third-order valence-corrected chi connectivity index (χ3v) is 2.44. The van der Waals surface area contributed by atoms with Crippen LogP contribution in [0, 0.1) is 5.82 Å². The average molecular weight is 245 g/mol. The summed E-state index contributed by atoms with van der Waals surface area (Å²) in [6, 6.07) is 10.6. The van der Waals surface area contributed by atoms with E-state index in [2.05, 4.69) is 4.98 Å². The fourth-order valence-corrected chi connectivity index (χ4v) is 1.63. The molecule has 0 aliphatic rings. The number of rotatable bonds is 2. The molecule has 1 heterocycles. The number of fused-ring (bicyclic) bond motifs is 1. The summed E-state index contributed by atoms with van der Waals surface area (Å²) in [5.41, 5.74) is 1.02. The maximum absolute atomic E-state index is 12.7. The van der Waals surface area contributed by atoms with Crippen molar-refractivity contribution in [3.8, 4) is 11.5 Å². The molecule has 0 amide bonds. The third-order valence-electron chi connectivity index (χ3n) is 2.44. The lowest BCUT2D eigenvalue weighted by atomic mass is 10.3. The van der Waals surface area contributed by atoms with Crippen LogP contribution >= 0.6 is 0 Å². The van der Waals surface area contributed by atoms with Gasteiger partial charge in [0.25, 0.3) is 0 Å².